The van der Waals surface area contributed by atoms with E-state index in [4.69, 9.17) is 0 Å². The Labute approximate surface area is 199 Å². The molecule has 1 atom stereocenters. The molecule has 5 rings (SSSR count). The maximum absolute atomic E-state index is 13.3. The van der Waals surface area contributed by atoms with Crippen LogP contribution in [0.15, 0.2) is 47.7 Å². The van der Waals surface area contributed by atoms with E-state index in [0.29, 0.717) is 37.6 Å². The number of anilines is 1. The van der Waals surface area contributed by atoms with Crippen molar-refractivity contribution in [1.29, 1.82) is 0 Å². The fourth-order valence-corrected chi connectivity index (χ4v) is 4.94. The summed E-state index contributed by atoms with van der Waals surface area (Å²) < 4.78 is 0. The van der Waals surface area contributed by atoms with Crippen LogP contribution in [-0.2, 0) is 4.79 Å². The zero-order valence-electron chi connectivity index (χ0n) is 19.3. The SMILES string of the molecule is O=C(NC1CCNCC1)c1ccnc(N2CCC(C(=O)N3N=CC[C@H]3c3ccccc3)CC2)n1. The second-order valence-electron chi connectivity index (χ2n) is 9.14. The van der Waals surface area contributed by atoms with Gasteiger partial charge in [-0.05, 0) is 50.4 Å². The van der Waals surface area contributed by atoms with E-state index in [9.17, 15) is 9.59 Å². The number of carbonyl (C=O) groups excluding carboxylic acids is 2. The average Bonchev–Trinajstić information content (AvgIpc) is 3.40. The molecule has 178 valence electrons. The van der Waals surface area contributed by atoms with E-state index in [-0.39, 0.29) is 29.8 Å². The number of hydrazone groups is 1. The van der Waals surface area contributed by atoms with Gasteiger partial charge in [-0.25, -0.2) is 15.0 Å². The summed E-state index contributed by atoms with van der Waals surface area (Å²) in [6, 6.07) is 11.9. The molecular formula is C25H31N7O2. The van der Waals surface area contributed by atoms with Crippen LogP contribution in [0.2, 0.25) is 0 Å². The Morgan fingerprint density at radius 1 is 1.00 bits per heavy atom. The van der Waals surface area contributed by atoms with Crippen molar-refractivity contribution in [3.05, 3.63) is 53.9 Å². The predicted octanol–water partition coefficient (Wildman–Crippen LogP) is 2.13. The van der Waals surface area contributed by atoms with Gasteiger partial charge in [-0.3, -0.25) is 9.59 Å². The number of hydrogen-bond acceptors (Lipinski definition) is 7. The number of hydrogen-bond donors (Lipinski definition) is 2. The molecule has 0 radical (unpaired) electrons. The van der Waals surface area contributed by atoms with Gasteiger partial charge in [0.15, 0.2) is 0 Å². The smallest absolute Gasteiger partial charge is 0.270 e. The Hall–Kier alpha value is -3.33. The third-order valence-corrected chi connectivity index (χ3v) is 6.92. The normalized spacial score (nSPS) is 21.6. The van der Waals surface area contributed by atoms with Crippen LogP contribution in [0, 0.1) is 5.92 Å². The number of amides is 2. The van der Waals surface area contributed by atoms with Gasteiger partial charge in [-0.1, -0.05) is 30.3 Å². The highest BCUT2D eigenvalue weighted by Crippen LogP contribution is 2.32. The number of nitrogens with zero attached hydrogens (tertiary/aromatic N) is 5. The molecule has 1 aromatic heterocycles. The van der Waals surface area contributed by atoms with E-state index < -0.39 is 0 Å². The van der Waals surface area contributed by atoms with Crippen LogP contribution in [0.4, 0.5) is 5.95 Å². The van der Waals surface area contributed by atoms with Crippen molar-refractivity contribution >= 4 is 24.0 Å². The summed E-state index contributed by atoms with van der Waals surface area (Å²) in [5.74, 6) is 0.395. The molecule has 9 heteroatoms. The molecule has 34 heavy (non-hydrogen) atoms. The monoisotopic (exact) mass is 461 g/mol. The summed E-state index contributed by atoms with van der Waals surface area (Å²) in [6.45, 7) is 3.18. The van der Waals surface area contributed by atoms with Gasteiger partial charge in [0.05, 0.1) is 6.04 Å². The molecule has 2 N–H and O–H groups in total. The number of carbonyl (C=O) groups is 2. The quantitative estimate of drug-likeness (QED) is 0.707. The molecule has 2 amide bonds. The first-order valence-electron chi connectivity index (χ1n) is 12.2. The van der Waals surface area contributed by atoms with Gasteiger partial charge in [-0.15, -0.1) is 0 Å². The third kappa shape index (κ3) is 4.94. The van der Waals surface area contributed by atoms with E-state index in [0.717, 1.165) is 37.9 Å². The summed E-state index contributed by atoms with van der Waals surface area (Å²) in [6.07, 6.45) is 7.49. The van der Waals surface area contributed by atoms with Crippen LogP contribution in [0.3, 0.4) is 0 Å². The Morgan fingerprint density at radius 3 is 2.53 bits per heavy atom. The van der Waals surface area contributed by atoms with Crippen molar-refractivity contribution in [3.63, 3.8) is 0 Å². The van der Waals surface area contributed by atoms with Gasteiger partial charge in [0.2, 0.25) is 11.9 Å². The van der Waals surface area contributed by atoms with Crippen molar-refractivity contribution in [3.8, 4) is 0 Å². The summed E-state index contributed by atoms with van der Waals surface area (Å²) >= 11 is 0. The minimum Gasteiger partial charge on any atom is -0.348 e. The molecule has 3 aliphatic heterocycles. The maximum Gasteiger partial charge on any atom is 0.270 e. The highest BCUT2D eigenvalue weighted by Gasteiger charge is 2.35. The van der Waals surface area contributed by atoms with Crippen molar-refractivity contribution in [2.45, 2.75) is 44.2 Å². The van der Waals surface area contributed by atoms with Crippen molar-refractivity contribution < 1.29 is 9.59 Å². The van der Waals surface area contributed by atoms with Gasteiger partial charge in [0.1, 0.15) is 5.69 Å². The first-order chi connectivity index (χ1) is 16.7. The van der Waals surface area contributed by atoms with E-state index in [1.54, 1.807) is 17.3 Å². The average molecular weight is 462 g/mol. The molecule has 1 aromatic carbocycles. The lowest BCUT2D eigenvalue weighted by Gasteiger charge is -2.33. The Bertz CT molecular complexity index is 1030. The van der Waals surface area contributed by atoms with Gasteiger partial charge in [-0.2, -0.15) is 5.10 Å². The fourth-order valence-electron chi connectivity index (χ4n) is 4.94. The van der Waals surface area contributed by atoms with E-state index in [1.165, 1.54) is 0 Å². The molecule has 0 saturated carbocycles. The molecule has 4 heterocycles. The standard InChI is InChI=1S/C25H31N7O2/c33-23(29-20-6-12-26-13-7-20)21-8-14-27-25(30-21)31-16-10-19(11-17-31)24(34)32-22(9-15-28-32)18-4-2-1-3-5-18/h1-5,8,14-15,19-20,22,26H,6-7,9-13,16-17H2,(H,29,33)/t22-/m0/s1. The molecule has 9 nitrogen and oxygen atoms in total. The Morgan fingerprint density at radius 2 is 1.76 bits per heavy atom. The molecule has 2 aromatic rings. The lowest BCUT2D eigenvalue weighted by Crippen LogP contribution is -2.43. The number of rotatable bonds is 5. The topological polar surface area (TPSA) is 103 Å². The minimum atomic E-state index is -0.153. The molecule has 0 spiro atoms. The van der Waals surface area contributed by atoms with Gasteiger partial charge in [0.25, 0.3) is 5.91 Å². The maximum atomic E-state index is 13.3. The van der Waals surface area contributed by atoms with Gasteiger partial charge < -0.3 is 15.5 Å². The minimum absolute atomic E-state index is 0.0230. The Balaban J connectivity index is 1.18. The summed E-state index contributed by atoms with van der Waals surface area (Å²) in [4.78, 5) is 36.9. The predicted molar refractivity (Wildman–Crippen MR) is 129 cm³/mol. The second kappa shape index (κ2) is 10.3. The first kappa shape index (κ1) is 22.5. The molecule has 0 unspecified atom stereocenters. The first-order valence-corrected chi connectivity index (χ1v) is 12.2. The fraction of sp³-hybridized carbons (Fsp3) is 0.480. The van der Waals surface area contributed by atoms with Gasteiger partial charge in [0, 0.05) is 43.9 Å². The highest BCUT2D eigenvalue weighted by molar-refractivity contribution is 5.92. The molecule has 0 aliphatic carbocycles. The summed E-state index contributed by atoms with van der Waals surface area (Å²) in [7, 11) is 0. The second-order valence-corrected chi connectivity index (χ2v) is 9.14. The number of aromatic nitrogens is 2. The summed E-state index contributed by atoms with van der Waals surface area (Å²) in [5.41, 5.74) is 1.50. The highest BCUT2D eigenvalue weighted by atomic mass is 16.2. The van der Waals surface area contributed by atoms with Crippen LogP contribution in [0.25, 0.3) is 0 Å². The van der Waals surface area contributed by atoms with E-state index in [1.807, 2.05) is 36.5 Å². The van der Waals surface area contributed by atoms with Gasteiger partial charge >= 0.3 is 0 Å². The molecule has 2 saturated heterocycles. The van der Waals surface area contributed by atoms with Crippen LogP contribution < -0.4 is 15.5 Å². The molecule has 0 bridgehead atoms. The lowest BCUT2D eigenvalue weighted by atomic mass is 9.94. The number of piperidine rings is 2. The van der Waals surface area contributed by atoms with Crippen LogP contribution in [0.1, 0.15) is 54.2 Å². The number of nitrogens with one attached hydrogen (secondary N) is 2. The molecule has 2 fully saturated rings. The molecular weight excluding hydrogens is 430 g/mol. The lowest BCUT2D eigenvalue weighted by molar-refractivity contribution is -0.138. The van der Waals surface area contributed by atoms with Crippen molar-refractivity contribution in [2.24, 2.45) is 11.0 Å². The Kier molecular flexibility index (Phi) is 6.80. The molecule has 3 aliphatic rings. The zero-order valence-corrected chi connectivity index (χ0v) is 19.3. The van der Waals surface area contributed by atoms with E-state index in [2.05, 4.69) is 30.6 Å². The van der Waals surface area contributed by atoms with Crippen molar-refractivity contribution in [1.82, 2.24) is 25.6 Å². The zero-order chi connectivity index (χ0) is 23.3. The largest absolute Gasteiger partial charge is 0.348 e. The van der Waals surface area contributed by atoms with Crippen LogP contribution in [-0.4, -0.2) is 65.2 Å². The summed E-state index contributed by atoms with van der Waals surface area (Å²) in [5, 5.41) is 12.4. The van der Waals surface area contributed by atoms with E-state index >= 15 is 0 Å². The van der Waals surface area contributed by atoms with Crippen LogP contribution >= 0.6 is 0 Å². The van der Waals surface area contributed by atoms with Crippen LogP contribution in [0.5, 0.6) is 0 Å². The van der Waals surface area contributed by atoms with Crippen molar-refractivity contribution in [2.75, 3.05) is 31.1 Å². The number of benzene rings is 1. The third-order valence-electron chi connectivity index (χ3n) is 6.92.